The Morgan fingerprint density at radius 1 is 0.841 bits per heavy atom. The van der Waals surface area contributed by atoms with Crippen LogP contribution >= 0.6 is 8.17 Å². The number of quaternary nitrogens is 1. The molecule has 1 aromatic carbocycles. The molecule has 63 heavy (non-hydrogen) atoms. The molecule has 0 bridgehead atoms. The summed E-state index contributed by atoms with van der Waals surface area (Å²) in [7, 11) is 0.962. The highest BCUT2D eigenvalue weighted by Crippen LogP contribution is 2.48. The normalized spacial score (nSPS) is 16.0. The Balaban J connectivity index is 1.23. The molecule has 3 heterocycles. The van der Waals surface area contributed by atoms with E-state index in [9.17, 15) is 19.4 Å². The Kier molecular flexibility index (Phi) is 22.1. The number of hydrogen-bond donors (Lipinski definition) is 0. The first-order valence-electron chi connectivity index (χ1n) is 23.1. The Morgan fingerprint density at radius 2 is 1.48 bits per heavy atom. The van der Waals surface area contributed by atoms with Crippen molar-refractivity contribution in [1.29, 1.82) is 0 Å². The third-order valence-corrected chi connectivity index (χ3v) is 12.1. The van der Waals surface area contributed by atoms with Gasteiger partial charge in [-0.15, -0.1) is 0 Å². The van der Waals surface area contributed by atoms with Crippen LogP contribution in [0.3, 0.4) is 0 Å². The van der Waals surface area contributed by atoms with Gasteiger partial charge in [0.1, 0.15) is 26.2 Å². The van der Waals surface area contributed by atoms with Crippen LogP contribution in [0.5, 0.6) is 0 Å². The molecule has 2 aliphatic rings. The summed E-state index contributed by atoms with van der Waals surface area (Å²) in [5.74, 6) is -0.852. The lowest BCUT2D eigenvalue weighted by Crippen LogP contribution is -2.50. The van der Waals surface area contributed by atoms with E-state index in [0.717, 1.165) is 40.2 Å². The van der Waals surface area contributed by atoms with Gasteiger partial charge in [-0.05, 0) is 49.1 Å². The maximum atomic E-state index is 16.3. The van der Waals surface area contributed by atoms with E-state index in [1.165, 1.54) is 57.8 Å². The molecule has 1 N–H and O–H groups in total. The van der Waals surface area contributed by atoms with Gasteiger partial charge in [0.15, 0.2) is 17.5 Å². The fourth-order valence-electron chi connectivity index (χ4n) is 7.58. The molecule has 0 saturated carbocycles. The van der Waals surface area contributed by atoms with Crippen LogP contribution in [0.2, 0.25) is 0 Å². The van der Waals surface area contributed by atoms with Gasteiger partial charge in [-0.2, -0.15) is 9.05 Å². The lowest BCUT2D eigenvalue weighted by atomic mass is 9.90. The molecule has 347 valence electrons. The Labute approximate surface area is 375 Å². The van der Waals surface area contributed by atoms with Crippen molar-refractivity contribution in [3.05, 3.63) is 95.5 Å². The van der Waals surface area contributed by atoms with E-state index < -0.39 is 33.8 Å². The average Bonchev–Trinajstić information content (AvgIpc) is 3.86. The minimum absolute atomic E-state index is 0.0470. The first-order valence-corrected chi connectivity index (χ1v) is 24.6. The number of likely N-dealkylation sites (N-methyl/N-ethyl adjacent to an activating group) is 1. The quantitative estimate of drug-likeness (QED) is 0.0137. The smallest absolute Gasteiger partial charge is 0.603 e. The highest BCUT2D eigenvalue weighted by atomic mass is 31.2. The van der Waals surface area contributed by atoms with Gasteiger partial charge in [-0.3, -0.25) is 4.79 Å². The second kappa shape index (κ2) is 26.9. The summed E-state index contributed by atoms with van der Waals surface area (Å²) >= 11 is 0. The minimum atomic E-state index is -4.73. The molecule has 0 spiro atoms. The summed E-state index contributed by atoms with van der Waals surface area (Å²) in [4.78, 5) is 48.5. The number of nitrogens with zero attached hydrogens (tertiary/aromatic N) is 3. The van der Waals surface area contributed by atoms with E-state index in [1.54, 1.807) is 42.5 Å². The van der Waals surface area contributed by atoms with Crippen molar-refractivity contribution in [2.45, 2.75) is 129 Å². The van der Waals surface area contributed by atoms with Gasteiger partial charge in [0, 0.05) is 41.3 Å². The zero-order chi connectivity index (χ0) is 45.6. The number of esters is 2. The average molecular weight is 899 g/mol. The highest BCUT2D eigenvalue weighted by Gasteiger charge is 2.52. The SMILES string of the molecule is CCCCCCCCCCCCCCCC(=[OH+])OC[C@H](CO[P+]([O])([O-])OCC[N+](C)(C)C)OC(=O)CCCCc1ccc2n1[B-](F)(F)[N+]1=C(/C=C/C=C/c3ccccc3)C=CC1=C2. The number of halogens is 2. The number of aromatic nitrogens is 1. The lowest BCUT2D eigenvalue weighted by molar-refractivity contribution is -0.870. The van der Waals surface area contributed by atoms with E-state index in [4.69, 9.17) is 18.5 Å². The number of unbranched alkanes of at least 4 members (excludes halogenated alkanes) is 13. The van der Waals surface area contributed by atoms with E-state index in [0.29, 0.717) is 59.5 Å². The van der Waals surface area contributed by atoms with Crippen molar-refractivity contribution in [3.63, 3.8) is 0 Å². The summed E-state index contributed by atoms with van der Waals surface area (Å²) in [5.41, 5.74) is 2.67. The van der Waals surface area contributed by atoms with Crippen molar-refractivity contribution in [3.8, 4) is 0 Å². The molecule has 15 heteroatoms. The standard InChI is InChI=1S/C48H71BF2N3O8P/c1-5-6-7-8-9-10-11-12-13-14-15-16-20-30-47(55)59-39-46(40-61-63(57,58)60-37-36-54(2,3)4)62-48(56)31-24-23-29-43-33-35-45-38-44-34-32-42(52(44)49(50,51)53(43)45)28-22-21-27-41-25-18-17-19-26-41/h17-19,21-22,25-28,32-35,38,46H,5-16,20,23-24,29-31,36-37,39-40H2,1-4H3/q+1/p+1/b27-21+,28-22+/t46-/m1/s1. The van der Waals surface area contributed by atoms with Gasteiger partial charge in [0.25, 0.3) is 0 Å². The number of hydrogen-bond acceptors (Lipinski definition) is 6. The molecular weight excluding hydrogens is 826 g/mol. The predicted molar refractivity (Wildman–Crippen MR) is 248 cm³/mol. The van der Waals surface area contributed by atoms with Crippen LogP contribution in [-0.4, -0.2) is 96.5 Å². The van der Waals surface area contributed by atoms with Crippen LogP contribution in [0.4, 0.5) is 8.63 Å². The van der Waals surface area contributed by atoms with Gasteiger partial charge in [0.2, 0.25) is 6.61 Å². The number of carbonyl (C=O) groups excluding carboxylic acids is 2. The molecule has 4 rings (SSSR count). The highest BCUT2D eigenvalue weighted by molar-refractivity contribution is 7.52. The van der Waals surface area contributed by atoms with Gasteiger partial charge < -0.3 is 41.2 Å². The molecular formula is C48H72BF2N3O8P+2. The fraction of sp³-hybridized carbons (Fsp3) is 0.562. The molecule has 0 fully saturated rings. The largest absolute Gasteiger partial charge is 0.737 e. The molecule has 0 unspecified atom stereocenters. The zero-order valence-electron chi connectivity index (χ0n) is 38.1. The number of allylic oxidation sites excluding steroid dienone is 5. The van der Waals surface area contributed by atoms with Crippen LogP contribution in [0.15, 0.2) is 78.5 Å². The van der Waals surface area contributed by atoms with Crippen molar-refractivity contribution in [1.82, 2.24) is 4.48 Å². The van der Waals surface area contributed by atoms with Crippen molar-refractivity contribution in [2.75, 3.05) is 47.5 Å². The summed E-state index contributed by atoms with van der Waals surface area (Å²) in [6, 6.07) is 13.1. The molecule has 2 aromatic rings. The van der Waals surface area contributed by atoms with E-state index >= 15 is 8.63 Å². The molecule has 0 aliphatic carbocycles. The minimum Gasteiger partial charge on any atom is -0.603 e. The maximum absolute atomic E-state index is 16.3. The number of fused-ring (bicyclic) bond motifs is 2. The number of rotatable bonds is 32. The third-order valence-electron chi connectivity index (χ3n) is 11.1. The molecule has 1 aromatic heterocycles. The summed E-state index contributed by atoms with van der Waals surface area (Å²) in [6.45, 7) is -2.51. The van der Waals surface area contributed by atoms with Gasteiger partial charge in [-0.1, -0.05) is 133 Å². The Hall–Kier alpha value is -3.78. The van der Waals surface area contributed by atoms with Crippen LogP contribution in [0.25, 0.3) is 12.2 Å². The third kappa shape index (κ3) is 19.1. The van der Waals surface area contributed by atoms with Gasteiger partial charge in [0.05, 0.1) is 21.1 Å². The number of carbonyl (C=O) groups is 1. The number of ether oxygens (including phenoxy) is 2. The van der Waals surface area contributed by atoms with E-state index in [2.05, 4.69) is 6.92 Å². The Morgan fingerprint density at radius 3 is 2.14 bits per heavy atom. The van der Waals surface area contributed by atoms with Crippen LogP contribution in [0, 0.1) is 0 Å². The topological polar surface area (TPSA) is 126 Å². The van der Waals surface area contributed by atoms with Crippen LogP contribution < -0.4 is 4.89 Å². The molecule has 2 aliphatic heterocycles. The van der Waals surface area contributed by atoms with Crippen LogP contribution in [-0.2, 0) is 34.6 Å². The first kappa shape index (κ1) is 51.9. The molecule has 1 atom stereocenters. The van der Waals surface area contributed by atoms with E-state index in [-0.39, 0.29) is 25.6 Å². The van der Waals surface area contributed by atoms with Gasteiger partial charge in [-0.25, -0.2) is 0 Å². The predicted octanol–water partition coefficient (Wildman–Crippen LogP) is 10.2. The fourth-order valence-corrected chi connectivity index (χ4v) is 8.31. The maximum Gasteiger partial charge on any atom is 0.737 e. The Bertz CT molecular complexity index is 1870. The summed E-state index contributed by atoms with van der Waals surface area (Å²) < 4.78 is 56.4. The molecule has 11 nitrogen and oxygen atoms in total. The van der Waals surface area contributed by atoms with Crippen molar-refractivity contribution in [2.24, 2.45) is 0 Å². The number of benzene rings is 1. The van der Waals surface area contributed by atoms with Crippen LogP contribution in [0.1, 0.15) is 133 Å². The van der Waals surface area contributed by atoms with E-state index in [1.807, 2.05) is 63.6 Å². The zero-order valence-corrected chi connectivity index (χ0v) is 39.0. The van der Waals surface area contributed by atoms with Crippen molar-refractivity contribution < 1.29 is 55.5 Å². The monoisotopic (exact) mass is 899 g/mol. The summed E-state index contributed by atoms with van der Waals surface area (Å²) in [5, 5.41) is 0. The second-order valence-electron chi connectivity index (χ2n) is 17.6. The summed E-state index contributed by atoms with van der Waals surface area (Å²) in [6.07, 6.45) is 28.0. The molecule has 0 saturated heterocycles. The first-order chi connectivity index (χ1) is 30.2. The number of aryl methyl sites for hydroxylation is 1. The molecule has 0 amide bonds. The molecule has 1 radical (unpaired) electrons. The lowest BCUT2D eigenvalue weighted by Gasteiger charge is -2.30. The second-order valence-corrected chi connectivity index (χ2v) is 19.1. The van der Waals surface area contributed by atoms with Crippen molar-refractivity contribution >= 4 is 44.9 Å². The van der Waals surface area contributed by atoms with Gasteiger partial charge >= 0.3 is 27.1 Å².